The summed E-state index contributed by atoms with van der Waals surface area (Å²) >= 11 is 5.73. The number of nitrogens with zero attached hydrogens (tertiary/aromatic N) is 1. The molecule has 1 amide bonds. The number of rotatable bonds is 3. The number of aromatic amines is 1. The van der Waals surface area contributed by atoms with Gasteiger partial charge in [0.25, 0.3) is 5.91 Å². The fourth-order valence-electron chi connectivity index (χ4n) is 1.41. The van der Waals surface area contributed by atoms with Crippen LogP contribution in [0, 0.1) is 0 Å². The molecule has 84 valence electrons. The van der Waals surface area contributed by atoms with Gasteiger partial charge in [-0.1, -0.05) is 11.6 Å². The fraction of sp³-hybridized carbons (Fsp3) is 0.182. The van der Waals surface area contributed by atoms with Gasteiger partial charge in [-0.25, -0.2) is 0 Å². The van der Waals surface area contributed by atoms with Gasteiger partial charge in [-0.15, -0.1) is 0 Å². The van der Waals surface area contributed by atoms with Crippen molar-refractivity contribution in [2.45, 2.75) is 6.54 Å². The van der Waals surface area contributed by atoms with Crippen molar-refractivity contribution in [3.8, 4) is 0 Å². The zero-order valence-electron chi connectivity index (χ0n) is 8.74. The molecule has 0 aliphatic rings. The number of carbonyl (C=O) groups is 1. The van der Waals surface area contributed by atoms with E-state index >= 15 is 0 Å². The highest BCUT2D eigenvalue weighted by Gasteiger charge is 2.14. The normalized spacial score (nSPS) is 10.4. The smallest absolute Gasteiger partial charge is 0.270 e. The van der Waals surface area contributed by atoms with Crippen LogP contribution in [0.4, 0.5) is 0 Å². The van der Waals surface area contributed by atoms with Crippen molar-refractivity contribution >= 4 is 17.5 Å². The molecule has 2 aromatic rings. The number of carbonyl (C=O) groups excluding carboxylic acids is 1. The summed E-state index contributed by atoms with van der Waals surface area (Å²) in [5, 5.41) is 0.523. The molecule has 0 aliphatic carbocycles. The topological polar surface area (TPSA) is 49.2 Å². The van der Waals surface area contributed by atoms with Crippen LogP contribution >= 0.6 is 11.6 Å². The molecule has 0 atom stereocenters. The third kappa shape index (κ3) is 2.28. The molecule has 1 N–H and O–H groups in total. The van der Waals surface area contributed by atoms with Crippen molar-refractivity contribution in [3.05, 3.63) is 47.1 Å². The van der Waals surface area contributed by atoms with Crippen LogP contribution in [0.1, 0.15) is 16.2 Å². The first-order chi connectivity index (χ1) is 7.66. The molecule has 0 saturated heterocycles. The molecule has 2 aromatic heterocycles. The summed E-state index contributed by atoms with van der Waals surface area (Å²) in [5.41, 5.74) is 0.471. The molecule has 16 heavy (non-hydrogen) atoms. The number of hydrogen-bond donors (Lipinski definition) is 1. The van der Waals surface area contributed by atoms with Gasteiger partial charge < -0.3 is 14.3 Å². The van der Waals surface area contributed by atoms with Gasteiger partial charge in [0.05, 0.1) is 17.8 Å². The van der Waals surface area contributed by atoms with Gasteiger partial charge in [0.1, 0.15) is 11.5 Å². The van der Waals surface area contributed by atoms with E-state index in [1.807, 2.05) is 6.07 Å². The Morgan fingerprint density at radius 3 is 3.00 bits per heavy atom. The van der Waals surface area contributed by atoms with Gasteiger partial charge in [0.2, 0.25) is 0 Å². The number of nitrogens with one attached hydrogen (secondary N) is 1. The SMILES string of the molecule is CN(Cc1ccco1)C(=O)c1cc(Cl)c[nH]1. The lowest BCUT2D eigenvalue weighted by Crippen LogP contribution is -2.26. The fourth-order valence-corrected chi connectivity index (χ4v) is 1.57. The van der Waals surface area contributed by atoms with E-state index in [-0.39, 0.29) is 5.91 Å². The Morgan fingerprint density at radius 2 is 2.44 bits per heavy atom. The van der Waals surface area contributed by atoms with Crippen LogP contribution in [0.5, 0.6) is 0 Å². The monoisotopic (exact) mass is 238 g/mol. The van der Waals surface area contributed by atoms with Crippen molar-refractivity contribution in [2.24, 2.45) is 0 Å². The van der Waals surface area contributed by atoms with Crippen LogP contribution < -0.4 is 0 Å². The Balaban J connectivity index is 2.05. The van der Waals surface area contributed by atoms with Gasteiger partial charge in [0, 0.05) is 13.2 Å². The lowest BCUT2D eigenvalue weighted by atomic mass is 10.3. The molecule has 2 rings (SSSR count). The molecule has 0 radical (unpaired) electrons. The quantitative estimate of drug-likeness (QED) is 0.893. The average molecular weight is 239 g/mol. The number of amides is 1. The summed E-state index contributed by atoms with van der Waals surface area (Å²) in [4.78, 5) is 16.2. The summed E-state index contributed by atoms with van der Waals surface area (Å²) in [7, 11) is 1.71. The highest BCUT2D eigenvalue weighted by atomic mass is 35.5. The van der Waals surface area contributed by atoms with Crippen molar-refractivity contribution in [3.63, 3.8) is 0 Å². The van der Waals surface area contributed by atoms with Crippen molar-refractivity contribution in [2.75, 3.05) is 7.05 Å². The third-order valence-electron chi connectivity index (χ3n) is 2.20. The van der Waals surface area contributed by atoms with E-state index in [0.717, 1.165) is 5.76 Å². The minimum atomic E-state index is -0.122. The Labute approximate surface area is 97.8 Å². The van der Waals surface area contributed by atoms with Gasteiger partial charge >= 0.3 is 0 Å². The molecule has 0 aliphatic heterocycles. The van der Waals surface area contributed by atoms with Crippen LogP contribution in [0.25, 0.3) is 0 Å². The third-order valence-corrected chi connectivity index (χ3v) is 2.42. The number of aromatic nitrogens is 1. The number of H-pyrrole nitrogens is 1. The second-order valence-electron chi connectivity index (χ2n) is 3.47. The van der Waals surface area contributed by atoms with E-state index in [1.54, 1.807) is 36.5 Å². The molecule has 0 bridgehead atoms. The van der Waals surface area contributed by atoms with E-state index in [1.165, 1.54) is 0 Å². The second kappa shape index (κ2) is 4.45. The largest absolute Gasteiger partial charge is 0.467 e. The summed E-state index contributed by atoms with van der Waals surface area (Å²) in [6, 6.07) is 5.22. The summed E-state index contributed by atoms with van der Waals surface area (Å²) in [6.07, 6.45) is 3.16. The predicted octanol–water partition coefficient (Wildman–Crippen LogP) is 2.53. The van der Waals surface area contributed by atoms with Gasteiger partial charge in [0.15, 0.2) is 0 Å². The average Bonchev–Trinajstić information content (AvgIpc) is 2.88. The Kier molecular flexibility index (Phi) is 3.01. The molecular weight excluding hydrogens is 228 g/mol. The zero-order valence-corrected chi connectivity index (χ0v) is 9.49. The Bertz CT molecular complexity index is 476. The highest BCUT2D eigenvalue weighted by molar-refractivity contribution is 6.30. The Morgan fingerprint density at radius 1 is 1.62 bits per heavy atom. The van der Waals surface area contributed by atoms with Crippen molar-refractivity contribution < 1.29 is 9.21 Å². The van der Waals surface area contributed by atoms with E-state index in [9.17, 15) is 4.79 Å². The van der Waals surface area contributed by atoms with Gasteiger partial charge in [-0.3, -0.25) is 4.79 Å². The highest BCUT2D eigenvalue weighted by Crippen LogP contribution is 2.12. The minimum absolute atomic E-state index is 0.122. The number of halogens is 1. The van der Waals surface area contributed by atoms with Crippen LogP contribution in [-0.2, 0) is 6.54 Å². The molecular formula is C11H11ClN2O2. The Hall–Kier alpha value is -1.68. The molecule has 0 aromatic carbocycles. The molecule has 0 fully saturated rings. The van der Waals surface area contributed by atoms with E-state index < -0.39 is 0 Å². The van der Waals surface area contributed by atoms with Gasteiger partial charge in [-0.2, -0.15) is 0 Å². The lowest BCUT2D eigenvalue weighted by Gasteiger charge is -2.14. The van der Waals surface area contributed by atoms with Crippen molar-refractivity contribution in [1.82, 2.24) is 9.88 Å². The number of furan rings is 1. The maximum atomic E-state index is 11.9. The van der Waals surface area contributed by atoms with Crippen molar-refractivity contribution in [1.29, 1.82) is 0 Å². The summed E-state index contributed by atoms with van der Waals surface area (Å²) in [5.74, 6) is 0.622. The first-order valence-electron chi connectivity index (χ1n) is 4.78. The first kappa shape index (κ1) is 10.8. The van der Waals surface area contributed by atoms with Crippen LogP contribution in [0.15, 0.2) is 35.1 Å². The summed E-state index contributed by atoms with van der Waals surface area (Å²) in [6.45, 7) is 0.433. The van der Waals surface area contributed by atoms with E-state index in [0.29, 0.717) is 17.3 Å². The maximum Gasteiger partial charge on any atom is 0.270 e. The maximum absolute atomic E-state index is 11.9. The molecule has 2 heterocycles. The predicted molar refractivity (Wildman–Crippen MR) is 60.3 cm³/mol. The summed E-state index contributed by atoms with van der Waals surface area (Å²) < 4.78 is 5.17. The van der Waals surface area contributed by atoms with E-state index in [2.05, 4.69) is 4.98 Å². The van der Waals surface area contributed by atoms with E-state index in [4.69, 9.17) is 16.0 Å². The minimum Gasteiger partial charge on any atom is -0.467 e. The standard InChI is InChI=1S/C11H11ClN2O2/c1-14(7-9-3-2-4-16-9)11(15)10-5-8(12)6-13-10/h2-6,13H,7H2,1H3. The second-order valence-corrected chi connectivity index (χ2v) is 3.91. The van der Waals surface area contributed by atoms with Crippen LogP contribution in [0.3, 0.4) is 0 Å². The van der Waals surface area contributed by atoms with Crippen LogP contribution in [0.2, 0.25) is 5.02 Å². The molecule has 0 unspecified atom stereocenters. The van der Waals surface area contributed by atoms with Gasteiger partial charge in [-0.05, 0) is 18.2 Å². The number of hydrogen-bond acceptors (Lipinski definition) is 2. The molecule has 4 nitrogen and oxygen atoms in total. The molecule has 5 heteroatoms. The zero-order chi connectivity index (χ0) is 11.5. The first-order valence-corrected chi connectivity index (χ1v) is 5.16. The van der Waals surface area contributed by atoms with Crippen LogP contribution in [-0.4, -0.2) is 22.8 Å². The molecule has 0 spiro atoms. The lowest BCUT2D eigenvalue weighted by molar-refractivity contribution is 0.0770. The molecule has 0 saturated carbocycles.